The fourth-order valence-corrected chi connectivity index (χ4v) is 5.36. The number of benzene rings is 1. The quantitative estimate of drug-likeness (QED) is 0.146. The van der Waals surface area contributed by atoms with Crippen LogP contribution >= 0.6 is 7.75 Å². The number of para-hydroxylation sites is 1. The third-order valence-corrected chi connectivity index (χ3v) is 7.25. The highest BCUT2D eigenvalue weighted by molar-refractivity contribution is 7.52. The molecular weight excluding hydrogens is 579 g/mol. The summed E-state index contributed by atoms with van der Waals surface area (Å²) in [6, 6.07) is 6.25. The number of rotatable bonds is 14. The molecule has 3 rings (SSSR count). The number of primary amides is 1. The summed E-state index contributed by atoms with van der Waals surface area (Å²) in [4.78, 5) is 40.4. The molecule has 6 N–H and O–H groups in total. The third-order valence-electron chi connectivity index (χ3n) is 5.68. The molecule has 0 aliphatic carbocycles. The number of carbonyl (C=O) groups is 3. The van der Waals surface area contributed by atoms with Crippen LogP contribution in [0, 0.1) is 0 Å². The van der Waals surface area contributed by atoms with Crippen LogP contribution in [0.1, 0.15) is 50.8 Å². The van der Waals surface area contributed by atoms with Gasteiger partial charge in [0.1, 0.15) is 36.4 Å². The van der Waals surface area contributed by atoms with Crippen LogP contribution in [0.2, 0.25) is 0 Å². The maximum absolute atomic E-state index is 14.0. The number of aromatic hydroxyl groups is 1. The molecular formula is C25H35N4O12P. The number of aliphatic hydroxyl groups excluding tert-OH is 2. The number of nitrogens with two attached hydrogens (primary N) is 1. The van der Waals surface area contributed by atoms with Crippen LogP contribution in [0.25, 0.3) is 0 Å². The lowest BCUT2D eigenvalue weighted by atomic mass is 10.1. The Kier molecular flexibility index (Phi) is 11.1. The zero-order valence-electron chi connectivity index (χ0n) is 23.4. The van der Waals surface area contributed by atoms with E-state index in [-0.39, 0.29) is 5.75 Å². The molecule has 1 aliphatic rings. The average Bonchev–Trinajstić information content (AvgIpc) is 3.41. The molecule has 2 heterocycles. The Balaban J connectivity index is 1.84. The summed E-state index contributed by atoms with van der Waals surface area (Å²) in [5.74, 6) is -3.39. The zero-order valence-corrected chi connectivity index (χ0v) is 24.2. The molecule has 1 aliphatic heterocycles. The van der Waals surface area contributed by atoms with E-state index < -0.39 is 93.0 Å². The topological polar surface area (TPSA) is 231 Å². The fraction of sp³-hybridized carbons (Fsp3) is 0.520. The van der Waals surface area contributed by atoms with E-state index in [2.05, 4.69) is 10.1 Å². The van der Waals surface area contributed by atoms with E-state index in [1.165, 1.54) is 12.1 Å². The van der Waals surface area contributed by atoms with Gasteiger partial charge in [-0.3, -0.25) is 23.5 Å². The van der Waals surface area contributed by atoms with Gasteiger partial charge in [0, 0.05) is 0 Å². The zero-order chi connectivity index (χ0) is 31.2. The van der Waals surface area contributed by atoms with Gasteiger partial charge in [-0.1, -0.05) is 18.2 Å². The van der Waals surface area contributed by atoms with Gasteiger partial charge >= 0.3 is 19.7 Å². The molecule has 0 saturated carbocycles. The Labute approximate surface area is 241 Å². The predicted octanol–water partition coefficient (Wildman–Crippen LogP) is 0.762. The predicted molar refractivity (Wildman–Crippen MR) is 143 cm³/mol. The van der Waals surface area contributed by atoms with Crippen LogP contribution in [0.5, 0.6) is 11.6 Å². The van der Waals surface area contributed by atoms with Crippen LogP contribution in [0.3, 0.4) is 0 Å². The van der Waals surface area contributed by atoms with Crippen molar-refractivity contribution in [1.29, 1.82) is 0 Å². The number of aromatic nitrogens is 2. The lowest BCUT2D eigenvalue weighted by Crippen LogP contribution is -2.41. The molecule has 1 amide bonds. The highest BCUT2D eigenvalue weighted by Gasteiger charge is 2.47. The first-order chi connectivity index (χ1) is 19.7. The maximum Gasteiger partial charge on any atom is 0.459 e. The molecule has 0 bridgehead atoms. The number of esters is 2. The smallest absolute Gasteiger partial charge is 0.459 e. The van der Waals surface area contributed by atoms with Crippen LogP contribution in [0.15, 0.2) is 36.7 Å². The molecule has 1 fully saturated rings. The summed E-state index contributed by atoms with van der Waals surface area (Å²) in [6.07, 6.45) is -6.75. The van der Waals surface area contributed by atoms with E-state index in [1.807, 2.05) is 0 Å². The highest BCUT2D eigenvalue weighted by atomic mass is 31.2. The minimum atomic E-state index is -4.56. The number of imidazole rings is 1. The van der Waals surface area contributed by atoms with Crippen LogP contribution < -0.4 is 15.3 Å². The summed E-state index contributed by atoms with van der Waals surface area (Å²) in [6.45, 7) is 5.73. The largest absolute Gasteiger partial charge is 0.493 e. The standard InChI is InChI=1S/C25H35N4O12P/c1-13(2)38-18(30)10-16(25(35)39-14(3)4)28-42(36,41-15-8-6-5-7-9-15)37-11-17-20(31)21(32)24(40-17)29-12-27-19(22(26)33)23(29)34/h5-9,12-14,16-17,20-21,24,31-32,34H,10-11H2,1-4H3,(H2,26,33)(H,28,36)/t16-,17+,20+,21+,24+,42?/m0/s1. The number of hydrogen-bond donors (Lipinski definition) is 5. The summed E-state index contributed by atoms with van der Waals surface area (Å²) >= 11 is 0. The number of nitrogens with one attached hydrogen (secondary N) is 1. The highest BCUT2D eigenvalue weighted by Crippen LogP contribution is 2.46. The van der Waals surface area contributed by atoms with Gasteiger partial charge in [0.25, 0.3) is 5.91 Å². The first-order valence-corrected chi connectivity index (χ1v) is 14.5. The Bertz CT molecular complexity index is 1290. The minimum Gasteiger partial charge on any atom is -0.493 e. The Morgan fingerprint density at radius 1 is 1.10 bits per heavy atom. The van der Waals surface area contributed by atoms with Crippen molar-refractivity contribution in [3.63, 3.8) is 0 Å². The van der Waals surface area contributed by atoms with Gasteiger partial charge in [-0.15, -0.1) is 0 Å². The molecule has 1 aromatic carbocycles. The molecule has 1 saturated heterocycles. The molecule has 1 aromatic heterocycles. The van der Waals surface area contributed by atoms with Crippen molar-refractivity contribution < 1.29 is 57.5 Å². The lowest BCUT2D eigenvalue weighted by Gasteiger charge is -2.26. The van der Waals surface area contributed by atoms with Gasteiger partial charge in [0.05, 0.1) is 25.2 Å². The molecule has 6 atom stereocenters. The van der Waals surface area contributed by atoms with Gasteiger partial charge in [-0.2, -0.15) is 5.09 Å². The van der Waals surface area contributed by atoms with E-state index in [4.69, 9.17) is 29.0 Å². The van der Waals surface area contributed by atoms with Gasteiger partial charge < -0.3 is 39.8 Å². The van der Waals surface area contributed by atoms with Crippen molar-refractivity contribution in [2.24, 2.45) is 5.73 Å². The molecule has 42 heavy (non-hydrogen) atoms. The van der Waals surface area contributed by atoms with Gasteiger partial charge in [-0.25, -0.2) is 9.55 Å². The van der Waals surface area contributed by atoms with E-state index in [0.717, 1.165) is 10.9 Å². The van der Waals surface area contributed by atoms with Gasteiger partial charge in [-0.05, 0) is 39.8 Å². The Hall–Kier alpha value is -3.53. The SMILES string of the molecule is CC(C)OC(=O)C[C@H](NP(=O)(OC[C@H]1O[C@@H](n2cnc(C(N)=O)c2O)[C@H](O)[C@@H]1O)Oc1ccccc1)C(=O)OC(C)C. The van der Waals surface area contributed by atoms with Crippen LogP contribution in [0.4, 0.5) is 0 Å². The van der Waals surface area contributed by atoms with Crippen molar-refractivity contribution in [1.82, 2.24) is 14.6 Å². The third kappa shape index (κ3) is 8.50. The van der Waals surface area contributed by atoms with Gasteiger partial charge in [0.2, 0.25) is 5.88 Å². The first kappa shape index (κ1) is 33.0. The normalized spacial score (nSPS) is 22.5. The number of amides is 1. The maximum atomic E-state index is 14.0. The second-order valence-electron chi connectivity index (χ2n) is 9.84. The van der Waals surface area contributed by atoms with E-state index in [0.29, 0.717) is 0 Å². The summed E-state index contributed by atoms with van der Waals surface area (Å²) in [7, 11) is -4.56. The van der Waals surface area contributed by atoms with Crippen molar-refractivity contribution in [3.8, 4) is 11.6 Å². The molecule has 1 unspecified atom stereocenters. The van der Waals surface area contributed by atoms with E-state index in [9.17, 15) is 34.3 Å². The van der Waals surface area contributed by atoms with Crippen molar-refractivity contribution >= 4 is 25.6 Å². The van der Waals surface area contributed by atoms with Crippen molar-refractivity contribution in [3.05, 3.63) is 42.4 Å². The summed E-state index contributed by atoms with van der Waals surface area (Å²) in [5, 5.41) is 33.9. The van der Waals surface area contributed by atoms with E-state index >= 15 is 0 Å². The second-order valence-corrected chi connectivity index (χ2v) is 11.5. The van der Waals surface area contributed by atoms with Crippen molar-refractivity contribution in [2.45, 2.75) is 76.9 Å². The summed E-state index contributed by atoms with van der Waals surface area (Å²) < 4.78 is 42.0. The monoisotopic (exact) mass is 614 g/mol. The number of nitrogens with zero attached hydrogens (tertiary/aromatic N) is 2. The number of ether oxygens (including phenoxy) is 3. The second kappa shape index (κ2) is 14.1. The van der Waals surface area contributed by atoms with E-state index in [1.54, 1.807) is 45.9 Å². The average molecular weight is 615 g/mol. The fourth-order valence-electron chi connectivity index (χ4n) is 3.86. The molecule has 0 spiro atoms. The molecule has 17 heteroatoms. The summed E-state index contributed by atoms with van der Waals surface area (Å²) in [5.41, 5.74) is 4.67. The number of carbonyl (C=O) groups excluding carboxylic acids is 3. The minimum absolute atomic E-state index is 0.0715. The number of hydrogen-bond acceptors (Lipinski definition) is 13. The van der Waals surface area contributed by atoms with Gasteiger partial charge in [0.15, 0.2) is 11.9 Å². The Morgan fingerprint density at radius 2 is 1.74 bits per heavy atom. The molecule has 16 nitrogen and oxygen atoms in total. The van der Waals surface area contributed by atoms with Crippen LogP contribution in [-0.2, 0) is 32.9 Å². The Morgan fingerprint density at radius 3 is 2.31 bits per heavy atom. The molecule has 0 radical (unpaired) electrons. The molecule has 2 aromatic rings. The first-order valence-electron chi connectivity index (χ1n) is 12.9. The lowest BCUT2D eigenvalue weighted by molar-refractivity contribution is -0.156. The molecule has 232 valence electrons. The van der Waals surface area contributed by atoms with Crippen molar-refractivity contribution in [2.75, 3.05) is 6.61 Å². The van der Waals surface area contributed by atoms with Crippen LogP contribution in [-0.4, -0.2) is 85.9 Å². The number of aliphatic hydroxyl groups is 2.